The van der Waals surface area contributed by atoms with E-state index in [-0.39, 0.29) is 6.42 Å². The molecule has 16 heavy (non-hydrogen) atoms. The SMILES string of the molecule is CCCC(C)(OCC(F)(F)C(F)F)C(=O)O. The number of carbonyl (C=O) groups is 1. The third-order valence-corrected chi connectivity index (χ3v) is 2.08. The van der Waals surface area contributed by atoms with Gasteiger partial charge in [0.2, 0.25) is 0 Å². The van der Waals surface area contributed by atoms with Gasteiger partial charge in [-0.2, -0.15) is 8.78 Å². The van der Waals surface area contributed by atoms with Gasteiger partial charge in [-0.3, -0.25) is 0 Å². The first kappa shape index (κ1) is 15.2. The highest BCUT2D eigenvalue weighted by Gasteiger charge is 2.44. The highest BCUT2D eigenvalue weighted by atomic mass is 19.3. The number of halogens is 4. The molecule has 1 unspecified atom stereocenters. The molecule has 0 rings (SSSR count). The Morgan fingerprint density at radius 2 is 1.94 bits per heavy atom. The minimum atomic E-state index is -4.33. The van der Waals surface area contributed by atoms with E-state index in [2.05, 4.69) is 4.74 Å². The smallest absolute Gasteiger partial charge is 0.335 e. The van der Waals surface area contributed by atoms with Crippen LogP contribution in [0.4, 0.5) is 17.6 Å². The van der Waals surface area contributed by atoms with E-state index in [0.29, 0.717) is 6.42 Å². The van der Waals surface area contributed by atoms with Gasteiger partial charge in [-0.15, -0.1) is 0 Å². The first-order valence-electron chi connectivity index (χ1n) is 4.69. The summed E-state index contributed by atoms with van der Waals surface area (Å²) in [7, 11) is 0. The molecule has 3 nitrogen and oxygen atoms in total. The molecule has 0 aliphatic carbocycles. The van der Waals surface area contributed by atoms with E-state index in [4.69, 9.17) is 5.11 Å². The maximum absolute atomic E-state index is 12.5. The van der Waals surface area contributed by atoms with Crippen molar-refractivity contribution in [2.45, 2.75) is 44.6 Å². The number of carboxylic acids is 1. The molecule has 0 saturated heterocycles. The molecule has 1 atom stereocenters. The molecule has 0 amide bonds. The molecule has 0 fully saturated rings. The summed E-state index contributed by atoms with van der Waals surface area (Å²) in [6.45, 7) is 1.11. The van der Waals surface area contributed by atoms with Crippen molar-refractivity contribution in [1.29, 1.82) is 0 Å². The lowest BCUT2D eigenvalue weighted by atomic mass is 10.0. The Balaban J connectivity index is 4.50. The molecule has 0 aliphatic rings. The number of rotatable bonds is 7. The maximum Gasteiger partial charge on any atom is 0.335 e. The molecule has 0 saturated carbocycles. The molecule has 0 bridgehead atoms. The third kappa shape index (κ3) is 3.96. The average Bonchev–Trinajstić information content (AvgIpc) is 2.15. The largest absolute Gasteiger partial charge is 0.479 e. The Labute approximate surface area is 90.4 Å². The molecule has 0 spiro atoms. The molecule has 0 aromatic heterocycles. The van der Waals surface area contributed by atoms with Gasteiger partial charge >= 0.3 is 18.3 Å². The third-order valence-electron chi connectivity index (χ3n) is 2.08. The number of aliphatic carboxylic acids is 1. The zero-order chi connectivity index (χ0) is 13.0. The standard InChI is InChI=1S/C9H14F4O3/c1-3-4-8(2,7(14)15)16-5-9(12,13)6(10)11/h6H,3-5H2,1-2H3,(H,14,15). The molecular formula is C9H14F4O3. The van der Waals surface area contributed by atoms with Crippen LogP contribution in [0.25, 0.3) is 0 Å². The van der Waals surface area contributed by atoms with Gasteiger partial charge < -0.3 is 9.84 Å². The Bertz CT molecular complexity index is 245. The zero-order valence-electron chi connectivity index (χ0n) is 8.97. The fourth-order valence-corrected chi connectivity index (χ4v) is 1.04. The van der Waals surface area contributed by atoms with Crippen molar-refractivity contribution in [3.05, 3.63) is 0 Å². The molecule has 0 aliphatic heterocycles. The van der Waals surface area contributed by atoms with Gasteiger partial charge in [-0.05, 0) is 13.3 Å². The molecule has 0 aromatic carbocycles. The highest BCUT2D eigenvalue weighted by molar-refractivity contribution is 5.76. The second-order valence-corrected chi connectivity index (χ2v) is 3.64. The van der Waals surface area contributed by atoms with Gasteiger partial charge in [0.15, 0.2) is 5.60 Å². The fraction of sp³-hybridized carbons (Fsp3) is 0.889. The van der Waals surface area contributed by atoms with E-state index in [1.165, 1.54) is 0 Å². The van der Waals surface area contributed by atoms with Gasteiger partial charge in [0.25, 0.3) is 0 Å². The van der Waals surface area contributed by atoms with Crippen LogP contribution >= 0.6 is 0 Å². The van der Waals surface area contributed by atoms with E-state index in [1.807, 2.05) is 0 Å². The molecule has 0 aromatic rings. The summed E-state index contributed by atoms with van der Waals surface area (Å²) in [4.78, 5) is 10.7. The number of carboxylic acid groups (broad SMARTS) is 1. The number of ether oxygens (including phenoxy) is 1. The van der Waals surface area contributed by atoms with Crippen LogP contribution in [0, 0.1) is 0 Å². The summed E-state index contributed by atoms with van der Waals surface area (Å²) in [5, 5.41) is 8.74. The second-order valence-electron chi connectivity index (χ2n) is 3.64. The summed E-state index contributed by atoms with van der Waals surface area (Å²) in [5.41, 5.74) is -1.85. The lowest BCUT2D eigenvalue weighted by Crippen LogP contribution is -2.43. The molecule has 0 radical (unpaired) electrons. The van der Waals surface area contributed by atoms with Gasteiger partial charge in [-0.1, -0.05) is 13.3 Å². The summed E-state index contributed by atoms with van der Waals surface area (Å²) < 4.78 is 53.0. The molecule has 96 valence electrons. The quantitative estimate of drug-likeness (QED) is 0.702. The van der Waals surface area contributed by atoms with E-state index in [9.17, 15) is 22.4 Å². The average molecular weight is 246 g/mol. The summed E-state index contributed by atoms with van der Waals surface area (Å²) in [6.07, 6.45) is -3.52. The lowest BCUT2D eigenvalue weighted by Gasteiger charge is -2.27. The van der Waals surface area contributed by atoms with Crippen molar-refractivity contribution in [2.75, 3.05) is 6.61 Å². The number of hydrogen-bond donors (Lipinski definition) is 1. The van der Waals surface area contributed by atoms with Gasteiger partial charge in [-0.25, -0.2) is 13.6 Å². The fourth-order valence-electron chi connectivity index (χ4n) is 1.04. The lowest BCUT2D eigenvalue weighted by molar-refractivity contribution is -0.203. The topological polar surface area (TPSA) is 46.5 Å². The van der Waals surface area contributed by atoms with Crippen molar-refractivity contribution >= 4 is 5.97 Å². The monoisotopic (exact) mass is 246 g/mol. The first-order valence-corrected chi connectivity index (χ1v) is 4.69. The van der Waals surface area contributed by atoms with Gasteiger partial charge in [0.1, 0.15) is 6.61 Å². The van der Waals surface area contributed by atoms with E-state index < -0.39 is 30.5 Å². The molecule has 0 heterocycles. The van der Waals surface area contributed by atoms with Crippen LogP contribution < -0.4 is 0 Å². The van der Waals surface area contributed by atoms with Crippen molar-refractivity contribution < 1.29 is 32.2 Å². The minimum Gasteiger partial charge on any atom is -0.479 e. The summed E-state index contributed by atoms with van der Waals surface area (Å²) >= 11 is 0. The van der Waals surface area contributed by atoms with Gasteiger partial charge in [0, 0.05) is 0 Å². The summed E-state index contributed by atoms with van der Waals surface area (Å²) in [5.74, 6) is -5.77. The van der Waals surface area contributed by atoms with Crippen molar-refractivity contribution in [3.8, 4) is 0 Å². The minimum absolute atomic E-state index is 0.0261. The number of alkyl halides is 4. The van der Waals surface area contributed by atoms with Crippen molar-refractivity contribution in [1.82, 2.24) is 0 Å². The predicted octanol–water partition coefficient (Wildman–Crippen LogP) is 2.55. The van der Waals surface area contributed by atoms with Crippen LogP contribution in [0.15, 0.2) is 0 Å². The van der Waals surface area contributed by atoms with Crippen molar-refractivity contribution in [3.63, 3.8) is 0 Å². The maximum atomic E-state index is 12.5. The Hall–Kier alpha value is -0.850. The van der Waals surface area contributed by atoms with Crippen LogP contribution in [0.2, 0.25) is 0 Å². The van der Waals surface area contributed by atoms with Crippen LogP contribution in [0.3, 0.4) is 0 Å². The van der Waals surface area contributed by atoms with Crippen LogP contribution in [-0.4, -0.2) is 35.6 Å². The molecule has 7 heteroatoms. The van der Waals surface area contributed by atoms with Crippen LogP contribution in [-0.2, 0) is 9.53 Å². The number of hydrogen-bond acceptors (Lipinski definition) is 2. The first-order chi connectivity index (χ1) is 7.15. The normalized spacial score (nSPS) is 16.2. The van der Waals surface area contributed by atoms with E-state index in [1.54, 1.807) is 6.92 Å². The zero-order valence-corrected chi connectivity index (χ0v) is 8.97. The highest BCUT2D eigenvalue weighted by Crippen LogP contribution is 2.27. The summed E-state index contributed by atoms with van der Waals surface area (Å²) in [6, 6.07) is 0. The Morgan fingerprint density at radius 3 is 2.25 bits per heavy atom. The Kier molecular flexibility index (Phi) is 5.18. The van der Waals surface area contributed by atoms with Crippen molar-refractivity contribution in [2.24, 2.45) is 0 Å². The van der Waals surface area contributed by atoms with Crippen LogP contribution in [0.1, 0.15) is 26.7 Å². The van der Waals surface area contributed by atoms with E-state index in [0.717, 1.165) is 6.92 Å². The Morgan fingerprint density at radius 1 is 1.44 bits per heavy atom. The van der Waals surface area contributed by atoms with Gasteiger partial charge in [0.05, 0.1) is 0 Å². The molecular weight excluding hydrogens is 232 g/mol. The second kappa shape index (κ2) is 5.47. The van der Waals surface area contributed by atoms with Crippen LogP contribution in [0.5, 0.6) is 0 Å². The predicted molar refractivity (Wildman–Crippen MR) is 47.9 cm³/mol. The van der Waals surface area contributed by atoms with E-state index >= 15 is 0 Å². The molecule has 1 N–H and O–H groups in total.